The van der Waals surface area contributed by atoms with E-state index in [0.717, 1.165) is 58.8 Å². The number of para-hydroxylation sites is 1. The van der Waals surface area contributed by atoms with Gasteiger partial charge in [-0.15, -0.1) is 11.3 Å². The first kappa shape index (κ1) is 24.6. The molecule has 2 aliphatic carbocycles. The fourth-order valence-corrected chi connectivity index (χ4v) is 7.50. The van der Waals surface area contributed by atoms with E-state index in [4.69, 9.17) is 44.8 Å². The first-order chi connectivity index (χ1) is 16.4. The second-order valence-corrected chi connectivity index (χ2v) is 12.6. The number of nitrogens with one attached hydrogen (secondary N) is 1. The average molecular weight is 538 g/mol. The van der Waals surface area contributed by atoms with Gasteiger partial charge in [-0.25, -0.2) is 9.97 Å². The number of hydrogen-bond acceptors (Lipinski definition) is 5. The van der Waals surface area contributed by atoms with Gasteiger partial charge in [0, 0.05) is 37.3 Å². The second kappa shape index (κ2) is 10.1. The summed E-state index contributed by atoms with van der Waals surface area (Å²) in [5.41, 5.74) is 1.62. The number of nitrogens with zero attached hydrogens (tertiary/aromatic N) is 3. The lowest BCUT2D eigenvalue weighted by Gasteiger charge is -2.30. The topological polar surface area (TPSA) is 41.1 Å². The number of thiophene rings is 1. The summed E-state index contributed by atoms with van der Waals surface area (Å²) >= 11 is 19.9. The summed E-state index contributed by atoms with van der Waals surface area (Å²) in [7, 11) is 4.11. The van der Waals surface area contributed by atoms with Gasteiger partial charge in [0.05, 0.1) is 15.6 Å². The maximum Gasteiger partial charge on any atom is 0.139 e. The van der Waals surface area contributed by atoms with Crippen LogP contribution in [0.1, 0.15) is 49.2 Å². The van der Waals surface area contributed by atoms with Gasteiger partial charge in [0.1, 0.15) is 16.0 Å². The standard InChI is InChI=1S/C26H31Cl3N4S/c1-33(2)25-18-5-3-4-6-19(18)31-21(32-25)8-7-17-13-26(17)11-9-16(10-12-26)14-30-15-20-22(27)23(28)24(29)34-20/h3-6,16-17,30H,7-15H2,1-2H3/t16?,17-,26?/m0/s1. The highest BCUT2D eigenvalue weighted by molar-refractivity contribution is 7.17. The van der Waals surface area contributed by atoms with Gasteiger partial charge in [0.15, 0.2) is 0 Å². The lowest BCUT2D eigenvalue weighted by atomic mass is 9.78. The normalized spacial score (nSPS) is 24.1. The lowest BCUT2D eigenvalue weighted by molar-refractivity contribution is 0.231. The van der Waals surface area contributed by atoms with E-state index in [0.29, 0.717) is 19.8 Å². The van der Waals surface area contributed by atoms with E-state index in [2.05, 4.69) is 48.6 Å². The number of benzene rings is 1. The second-order valence-electron chi connectivity index (χ2n) is 10.2. The van der Waals surface area contributed by atoms with Gasteiger partial charge in [-0.05, 0) is 74.5 Å². The molecule has 2 saturated carbocycles. The molecule has 5 rings (SSSR count). The van der Waals surface area contributed by atoms with Crippen LogP contribution in [0.4, 0.5) is 5.82 Å². The van der Waals surface area contributed by atoms with Crippen LogP contribution in [0.2, 0.25) is 14.4 Å². The summed E-state index contributed by atoms with van der Waals surface area (Å²) < 4.78 is 0.579. The Bertz CT molecular complexity index is 1170. The number of aryl methyl sites for hydroxylation is 1. The maximum absolute atomic E-state index is 6.27. The molecule has 0 unspecified atom stereocenters. The van der Waals surface area contributed by atoms with Crippen LogP contribution in [0.5, 0.6) is 0 Å². The number of rotatable bonds is 8. The quantitative estimate of drug-likeness (QED) is 0.320. The van der Waals surface area contributed by atoms with Crippen molar-refractivity contribution in [3.8, 4) is 0 Å². The number of anilines is 1. The van der Waals surface area contributed by atoms with E-state index in [1.54, 1.807) is 0 Å². The molecule has 2 fully saturated rings. The molecule has 1 N–H and O–H groups in total. The summed E-state index contributed by atoms with van der Waals surface area (Å²) in [5, 5.41) is 5.78. The van der Waals surface area contributed by atoms with Gasteiger partial charge in [-0.2, -0.15) is 0 Å². The molecule has 0 aliphatic heterocycles. The molecule has 0 bridgehead atoms. The molecule has 2 heterocycles. The van der Waals surface area contributed by atoms with Gasteiger partial charge in [0.25, 0.3) is 0 Å². The van der Waals surface area contributed by atoms with Crippen molar-refractivity contribution in [1.82, 2.24) is 15.3 Å². The Labute approximate surface area is 221 Å². The Morgan fingerprint density at radius 1 is 1.09 bits per heavy atom. The van der Waals surface area contributed by atoms with Crippen LogP contribution in [0.3, 0.4) is 0 Å². The van der Waals surface area contributed by atoms with E-state index in [9.17, 15) is 0 Å². The predicted octanol–water partition coefficient (Wildman–Crippen LogP) is 7.64. The third kappa shape index (κ3) is 5.05. The Morgan fingerprint density at radius 3 is 2.56 bits per heavy atom. The Balaban J connectivity index is 1.10. The fraction of sp³-hybridized carbons (Fsp3) is 0.538. The minimum Gasteiger partial charge on any atom is -0.362 e. The van der Waals surface area contributed by atoms with Crippen LogP contribution < -0.4 is 10.2 Å². The molecule has 8 heteroatoms. The van der Waals surface area contributed by atoms with Crippen LogP contribution in [0.15, 0.2) is 24.3 Å². The monoisotopic (exact) mass is 536 g/mol. The van der Waals surface area contributed by atoms with Crippen molar-refractivity contribution in [2.75, 3.05) is 25.5 Å². The molecular formula is C26H31Cl3N4S. The molecule has 182 valence electrons. The van der Waals surface area contributed by atoms with E-state index < -0.39 is 0 Å². The van der Waals surface area contributed by atoms with Crippen LogP contribution in [0, 0.1) is 17.3 Å². The number of aromatic nitrogens is 2. The molecule has 34 heavy (non-hydrogen) atoms. The summed E-state index contributed by atoms with van der Waals surface area (Å²) in [6, 6.07) is 8.32. The highest BCUT2D eigenvalue weighted by atomic mass is 35.5. The summed E-state index contributed by atoms with van der Waals surface area (Å²) in [6.07, 6.45) is 8.86. The van der Waals surface area contributed by atoms with Gasteiger partial charge in [-0.3, -0.25) is 0 Å². The van der Waals surface area contributed by atoms with Crippen LogP contribution in [-0.2, 0) is 13.0 Å². The van der Waals surface area contributed by atoms with Crippen molar-refractivity contribution >= 4 is 62.9 Å². The van der Waals surface area contributed by atoms with Crippen LogP contribution in [0.25, 0.3) is 10.9 Å². The molecule has 0 amide bonds. The fourth-order valence-electron chi connectivity index (χ4n) is 5.68. The first-order valence-electron chi connectivity index (χ1n) is 12.1. The summed E-state index contributed by atoms with van der Waals surface area (Å²) in [4.78, 5) is 12.9. The van der Waals surface area contributed by atoms with Crippen molar-refractivity contribution in [3.05, 3.63) is 49.3 Å². The minimum absolute atomic E-state index is 0.483. The summed E-state index contributed by atoms with van der Waals surface area (Å²) in [5.74, 6) is 3.57. The highest BCUT2D eigenvalue weighted by Gasteiger charge is 2.53. The molecule has 1 aromatic carbocycles. The molecular weight excluding hydrogens is 507 g/mol. The molecule has 2 aromatic heterocycles. The molecule has 1 spiro atoms. The average Bonchev–Trinajstić information content (AvgIpc) is 3.46. The molecule has 2 aliphatic rings. The molecule has 1 atom stereocenters. The van der Waals surface area contributed by atoms with Crippen molar-refractivity contribution in [2.24, 2.45) is 17.3 Å². The molecule has 4 nitrogen and oxygen atoms in total. The maximum atomic E-state index is 6.27. The van der Waals surface area contributed by atoms with Crippen molar-refractivity contribution in [1.29, 1.82) is 0 Å². The smallest absolute Gasteiger partial charge is 0.139 e. The predicted molar refractivity (Wildman–Crippen MR) is 146 cm³/mol. The van der Waals surface area contributed by atoms with Crippen molar-refractivity contribution in [2.45, 2.75) is 51.5 Å². The van der Waals surface area contributed by atoms with Gasteiger partial charge in [-0.1, -0.05) is 46.9 Å². The molecule has 0 saturated heterocycles. The van der Waals surface area contributed by atoms with E-state index in [1.807, 2.05) is 0 Å². The third-order valence-corrected chi connectivity index (χ3v) is 10.4. The Kier molecular flexibility index (Phi) is 7.30. The zero-order valence-electron chi connectivity index (χ0n) is 19.7. The third-order valence-electron chi connectivity index (χ3n) is 7.77. The van der Waals surface area contributed by atoms with Crippen LogP contribution in [-0.4, -0.2) is 30.6 Å². The van der Waals surface area contributed by atoms with Gasteiger partial charge in [0.2, 0.25) is 0 Å². The lowest BCUT2D eigenvalue weighted by Crippen LogP contribution is -2.27. The van der Waals surface area contributed by atoms with Crippen molar-refractivity contribution in [3.63, 3.8) is 0 Å². The van der Waals surface area contributed by atoms with Crippen LogP contribution >= 0.6 is 46.1 Å². The zero-order valence-corrected chi connectivity index (χ0v) is 22.8. The van der Waals surface area contributed by atoms with Gasteiger partial charge < -0.3 is 10.2 Å². The number of hydrogen-bond donors (Lipinski definition) is 1. The van der Waals surface area contributed by atoms with E-state index in [-0.39, 0.29) is 0 Å². The first-order valence-corrected chi connectivity index (χ1v) is 14.1. The summed E-state index contributed by atoms with van der Waals surface area (Å²) in [6.45, 7) is 1.77. The Hall–Kier alpha value is -1.11. The van der Waals surface area contributed by atoms with Crippen molar-refractivity contribution < 1.29 is 0 Å². The molecule has 0 radical (unpaired) electrons. The highest BCUT2D eigenvalue weighted by Crippen LogP contribution is 2.63. The minimum atomic E-state index is 0.483. The SMILES string of the molecule is CN(C)c1nc(CC[C@H]2CC23CCC(CNCc2sc(Cl)c(Cl)c2Cl)CC3)nc2ccccc12. The zero-order chi connectivity index (χ0) is 23.9. The largest absolute Gasteiger partial charge is 0.362 e. The number of fused-ring (bicyclic) bond motifs is 1. The van der Waals surface area contributed by atoms with Gasteiger partial charge >= 0.3 is 0 Å². The Morgan fingerprint density at radius 2 is 1.85 bits per heavy atom. The van der Waals surface area contributed by atoms with E-state index in [1.165, 1.54) is 49.9 Å². The number of halogens is 3. The van der Waals surface area contributed by atoms with E-state index >= 15 is 0 Å². The molecule has 3 aromatic rings.